The van der Waals surface area contributed by atoms with Crippen molar-refractivity contribution in [2.75, 3.05) is 11.1 Å². The Hall–Kier alpha value is -2.34. The lowest BCUT2D eigenvalue weighted by atomic mass is 10.2. The number of amides is 3. The first kappa shape index (κ1) is 14.1. The first-order valence-electron chi connectivity index (χ1n) is 5.78. The van der Waals surface area contributed by atoms with E-state index in [1.54, 1.807) is 42.5 Å². The predicted molar refractivity (Wildman–Crippen MR) is 81.5 cm³/mol. The number of nitrogens with one attached hydrogen (secondary N) is 2. The standard InChI is InChI=1S/C14H12BrN3O2/c15-9-4-3-5-10(8-9)17-14(20)18-13(19)11-6-1-2-7-12(11)16/h1-8H,16H2,(H2,17,18,19,20). The number of para-hydroxylation sites is 1. The van der Waals surface area contributed by atoms with Crippen LogP contribution >= 0.6 is 15.9 Å². The number of nitrogen functional groups attached to an aromatic ring is 1. The molecular formula is C14H12BrN3O2. The minimum absolute atomic E-state index is 0.261. The molecule has 20 heavy (non-hydrogen) atoms. The largest absolute Gasteiger partial charge is 0.398 e. The van der Waals surface area contributed by atoms with Crippen LogP contribution in [0.3, 0.4) is 0 Å². The number of imide groups is 1. The van der Waals surface area contributed by atoms with Gasteiger partial charge < -0.3 is 11.1 Å². The van der Waals surface area contributed by atoms with Gasteiger partial charge in [-0.05, 0) is 30.3 Å². The van der Waals surface area contributed by atoms with Gasteiger partial charge in [0.2, 0.25) is 0 Å². The third-order valence-electron chi connectivity index (χ3n) is 2.51. The maximum atomic E-state index is 11.9. The van der Waals surface area contributed by atoms with Gasteiger partial charge in [0.25, 0.3) is 5.91 Å². The number of anilines is 2. The lowest BCUT2D eigenvalue weighted by Gasteiger charge is -2.08. The van der Waals surface area contributed by atoms with Crippen molar-refractivity contribution in [3.63, 3.8) is 0 Å². The highest BCUT2D eigenvalue weighted by atomic mass is 79.9. The first-order chi connectivity index (χ1) is 9.56. The third-order valence-corrected chi connectivity index (χ3v) is 3.01. The maximum absolute atomic E-state index is 11.9. The van der Waals surface area contributed by atoms with Gasteiger partial charge in [0.1, 0.15) is 0 Å². The molecule has 0 spiro atoms. The Labute approximate surface area is 124 Å². The van der Waals surface area contributed by atoms with Crippen LogP contribution < -0.4 is 16.4 Å². The number of hydrogen-bond acceptors (Lipinski definition) is 3. The molecule has 2 aromatic carbocycles. The summed E-state index contributed by atoms with van der Waals surface area (Å²) < 4.78 is 0.828. The van der Waals surface area contributed by atoms with E-state index in [-0.39, 0.29) is 5.56 Å². The van der Waals surface area contributed by atoms with E-state index in [2.05, 4.69) is 26.6 Å². The summed E-state index contributed by atoms with van der Waals surface area (Å²) in [5.74, 6) is -0.546. The second kappa shape index (κ2) is 6.21. The highest BCUT2D eigenvalue weighted by Gasteiger charge is 2.12. The lowest BCUT2D eigenvalue weighted by molar-refractivity contribution is 0.0968. The zero-order chi connectivity index (χ0) is 14.5. The highest BCUT2D eigenvalue weighted by Crippen LogP contribution is 2.15. The molecule has 0 saturated carbocycles. The van der Waals surface area contributed by atoms with E-state index in [4.69, 9.17) is 5.73 Å². The molecule has 0 radical (unpaired) electrons. The second-order valence-electron chi connectivity index (χ2n) is 4.01. The Kier molecular flexibility index (Phi) is 4.37. The molecule has 0 aliphatic carbocycles. The molecule has 0 unspecified atom stereocenters. The van der Waals surface area contributed by atoms with Gasteiger partial charge in [-0.25, -0.2) is 4.79 Å². The van der Waals surface area contributed by atoms with Gasteiger partial charge in [-0.1, -0.05) is 34.1 Å². The van der Waals surface area contributed by atoms with E-state index < -0.39 is 11.9 Å². The summed E-state index contributed by atoms with van der Waals surface area (Å²) in [7, 11) is 0. The van der Waals surface area contributed by atoms with Crippen molar-refractivity contribution < 1.29 is 9.59 Å². The minimum atomic E-state index is -0.614. The zero-order valence-electron chi connectivity index (χ0n) is 10.4. The molecule has 0 aliphatic heterocycles. The van der Waals surface area contributed by atoms with E-state index in [1.807, 2.05) is 6.07 Å². The normalized spacial score (nSPS) is 9.85. The number of rotatable bonds is 2. The van der Waals surface area contributed by atoms with Crippen LogP contribution in [0.25, 0.3) is 0 Å². The van der Waals surface area contributed by atoms with Gasteiger partial charge in [0, 0.05) is 15.8 Å². The first-order valence-corrected chi connectivity index (χ1v) is 6.58. The molecule has 0 saturated heterocycles. The van der Waals surface area contributed by atoms with Gasteiger partial charge in [0.15, 0.2) is 0 Å². The van der Waals surface area contributed by atoms with E-state index in [0.717, 1.165) is 4.47 Å². The molecule has 5 nitrogen and oxygen atoms in total. The molecule has 2 aromatic rings. The molecule has 0 heterocycles. The molecule has 0 bridgehead atoms. The molecule has 4 N–H and O–H groups in total. The van der Waals surface area contributed by atoms with E-state index in [9.17, 15) is 9.59 Å². The number of halogens is 1. The number of carbonyl (C=O) groups excluding carboxylic acids is 2. The number of hydrogen-bond donors (Lipinski definition) is 3. The molecule has 0 aliphatic rings. The van der Waals surface area contributed by atoms with Crippen molar-refractivity contribution in [2.45, 2.75) is 0 Å². The fourth-order valence-corrected chi connectivity index (χ4v) is 2.00. The van der Waals surface area contributed by atoms with Gasteiger partial charge in [0.05, 0.1) is 5.56 Å². The third kappa shape index (κ3) is 3.58. The average Bonchev–Trinajstić information content (AvgIpc) is 2.38. The van der Waals surface area contributed by atoms with E-state index >= 15 is 0 Å². The average molecular weight is 334 g/mol. The summed E-state index contributed by atoms with van der Waals surface area (Å²) in [6.45, 7) is 0. The number of benzene rings is 2. The van der Waals surface area contributed by atoms with Crippen molar-refractivity contribution in [1.29, 1.82) is 0 Å². The van der Waals surface area contributed by atoms with Crippen molar-refractivity contribution in [3.05, 3.63) is 58.6 Å². The molecule has 102 valence electrons. The maximum Gasteiger partial charge on any atom is 0.326 e. The van der Waals surface area contributed by atoms with Crippen LogP contribution in [0.5, 0.6) is 0 Å². The Balaban J connectivity index is 2.02. The van der Waals surface area contributed by atoms with Crippen LogP contribution in [-0.2, 0) is 0 Å². The number of carbonyl (C=O) groups is 2. The van der Waals surface area contributed by atoms with E-state index in [0.29, 0.717) is 11.4 Å². The minimum Gasteiger partial charge on any atom is -0.398 e. The molecule has 3 amide bonds. The summed E-state index contributed by atoms with van der Waals surface area (Å²) in [5, 5.41) is 4.78. The molecule has 6 heteroatoms. The SMILES string of the molecule is Nc1ccccc1C(=O)NC(=O)Nc1cccc(Br)c1. The van der Waals surface area contributed by atoms with Crippen LogP contribution in [-0.4, -0.2) is 11.9 Å². The monoisotopic (exact) mass is 333 g/mol. The van der Waals surface area contributed by atoms with Crippen LogP contribution in [0.15, 0.2) is 53.0 Å². The summed E-state index contributed by atoms with van der Waals surface area (Å²) in [6.07, 6.45) is 0. The summed E-state index contributed by atoms with van der Waals surface area (Å²) >= 11 is 3.29. The molecule has 2 rings (SSSR count). The van der Waals surface area contributed by atoms with Crippen LogP contribution in [0.4, 0.5) is 16.2 Å². The van der Waals surface area contributed by atoms with Gasteiger partial charge >= 0.3 is 6.03 Å². The highest BCUT2D eigenvalue weighted by molar-refractivity contribution is 9.10. The van der Waals surface area contributed by atoms with Crippen molar-refractivity contribution in [2.24, 2.45) is 0 Å². The van der Waals surface area contributed by atoms with Gasteiger partial charge in [-0.2, -0.15) is 0 Å². The van der Waals surface area contributed by atoms with Gasteiger partial charge in [-0.3, -0.25) is 10.1 Å². The van der Waals surface area contributed by atoms with Crippen molar-refractivity contribution in [3.8, 4) is 0 Å². The molecule has 0 fully saturated rings. The smallest absolute Gasteiger partial charge is 0.326 e. The van der Waals surface area contributed by atoms with Crippen LogP contribution in [0, 0.1) is 0 Å². The topological polar surface area (TPSA) is 84.2 Å². The van der Waals surface area contributed by atoms with E-state index in [1.165, 1.54) is 0 Å². The number of nitrogens with two attached hydrogens (primary N) is 1. The van der Waals surface area contributed by atoms with Crippen molar-refractivity contribution >= 4 is 39.2 Å². The van der Waals surface area contributed by atoms with Crippen molar-refractivity contribution in [1.82, 2.24) is 5.32 Å². The Morgan fingerprint density at radius 3 is 2.50 bits per heavy atom. The Morgan fingerprint density at radius 2 is 1.80 bits per heavy atom. The predicted octanol–water partition coefficient (Wildman–Crippen LogP) is 2.99. The summed E-state index contributed by atoms with van der Waals surface area (Å²) in [5.41, 5.74) is 6.83. The fraction of sp³-hybridized carbons (Fsp3) is 0. The van der Waals surface area contributed by atoms with Crippen LogP contribution in [0.2, 0.25) is 0 Å². The molecule has 0 aromatic heterocycles. The zero-order valence-corrected chi connectivity index (χ0v) is 12.0. The Bertz CT molecular complexity index is 658. The van der Waals surface area contributed by atoms with Gasteiger partial charge in [-0.15, -0.1) is 0 Å². The van der Waals surface area contributed by atoms with Crippen LogP contribution in [0.1, 0.15) is 10.4 Å². The summed E-state index contributed by atoms with van der Waals surface area (Å²) in [4.78, 5) is 23.6. The second-order valence-corrected chi connectivity index (χ2v) is 4.92. The summed E-state index contributed by atoms with van der Waals surface area (Å²) in [6, 6.07) is 13.0. The molecule has 0 atom stereocenters. The fourth-order valence-electron chi connectivity index (χ4n) is 1.60. The lowest BCUT2D eigenvalue weighted by Crippen LogP contribution is -2.34. The molecular weight excluding hydrogens is 322 g/mol. The number of urea groups is 1. The quantitative estimate of drug-likeness (QED) is 0.738. The Morgan fingerprint density at radius 1 is 1.05 bits per heavy atom.